The largest absolute Gasteiger partial charge is 0.300 e. The molecule has 0 unspecified atom stereocenters. The summed E-state index contributed by atoms with van der Waals surface area (Å²) >= 11 is 1.46. The summed E-state index contributed by atoms with van der Waals surface area (Å²) < 4.78 is 1.57. The van der Waals surface area contributed by atoms with Gasteiger partial charge in [0.1, 0.15) is 11.3 Å². The summed E-state index contributed by atoms with van der Waals surface area (Å²) in [6.45, 7) is 0. The lowest BCUT2D eigenvalue weighted by Gasteiger charge is -2.21. The SMILES string of the molecule is Cn1cnc(CC(=O)Nc2nnc(C3CCC3)s2)n1. The van der Waals surface area contributed by atoms with E-state index in [1.807, 2.05) is 0 Å². The Balaban J connectivity index is 1.58. The third-order valence-electron chi connectivity index (χ3n) is 3.11. The van der Waals surface area contributed by atoms with Crippen LogP contribution in [0, 0.1) is 0 Å². The third-order valence-corrected chi connectivity index (χ3v) is 4.11. The Morgan fingerprint density at radius 1 is 1.53 bits per heavy atom. The van der Waals surface area contributed by atoms with Crippen LogP contribution in [0.5, 0.6) is 0 Å². The monoisotopic (exact) mass is 278 g/mol. The molecule has 0 radical (unpaired) electrons. The Hall–Kier alpha value is -1.83. The molecule has 1 aliphatic rings. The van der Waals surface area contributed by atoms with Crippen LogP contribution < -0.4 is 5.32 Å². The normalized spacial score (nSPS) is 15.2. The van der Waals surface area contributed by atoms with E-state index < -0.39 is 0 Å². The second-order valence-corrected chi connectivity index (χ2v) is 5.64. The third kappa shape index (κ3) is 2.78. The number of carbonyl (C=O) groups excluding carboxylic acids is 1. The van der Waals surface area contributed by atoms with Gasteiger partial charge in [-0.15, -0.1) is 10.2 Å². The second-order valence-electron chi connectivity index (χ2n) is 4.63. The van der Waals surface area contributed by atoms with Crippen LogP contribution in [-0.4, -0.2) is 30.9 Å². The van der Waals surface area contributed by atoms with Crippen molar-refractivity contribution in [3.05, 3.63) is 17.2 Å². The zero-order valence-electron chi connectivity index (χ0n) is 10.5. The van der Waals surface area contributed by atoms with Crippen molar-refractivity contribution in [2.24, 2.45) is 7.05 Å². The van der Waals surface area contributed by atoms with Crippen molar-refractivity contribution < 1.29 is 4.79 Å². The maximum Gasteiger partial charge on any atom is 0.233 e. The van der Waals surface area contributed by atoms with E-state index >= 15 is 0 Å². The highest BCUT2D eigenvalue weighted by molar-refractivity contribution is 7.15. The summed E-state index contributed by atoms with van der Waals surface area (Å²) in [6.07, 6.45) is 5.35. The van der Waals surface area contributed by atoms with Gasteiger partial charge in [0.05, 0.1) is 6.42 Å². The topological polar surface area (TPSA) is 85.6 Å². The molecular formula is C11H14N6OS. The van der Waals surface area contributed by atoms with Crippen molar-refractivity contribution in [3.8, 4) is 0 Å². The van der Waals surface area contributed by atoms with Crippen molar-refractivity contribution in [2.75, 3.05) is 5.32 Å². The van der Waals surface area contributed by atoms with Crippen LogP contribution in [-0.2, 0) is 18.3 Å². The fraction of sp³-hybridized carbons (Fsp3) is 0.545. The highest BCUT2D eigenvalue weighted by atomic mass is 32.1. The Kier molecular flexibility index (Phi) is 3.24. The van der Waals surface area contributed by atoms with E-state index in [4.69, 9.17) is 0 Å². The molecule has 0 spiro atoms. The van der Waals surface area contributed by atoms with Gasteiger partial charge in [-0.25, -0.2) is 4.98 Å². The van der Waals surface area contributed by atoms with E-state index in [0.29, 0.717) is 16.9 Å². The van der Waals surface area contributed by atoms with Gasteiger partial charge in [-0.3, -0.25) is 9.48 Å². The highest BCUT2D eigenvalue weighted by Crippen LogP contribution is 2.38. The summed E-state index contributed by atoms with van der Waals surface area (Å²) in [5, 5.41) is 16.5. The van der Waals surface area contributed by atoms with Gasteiger partial charge in [-0.2, -0.15) is 5.10 Å². The van der Waals surface area contributed by atoms with Gasteiger partial charge >= 0.3 is 0 Å². The molecule has 0 aromatic carbocycles. The number of aromatic nitrogens is 5. The molecular weight excluding hydrogens is 264 g/mol. The zero-order valence-corrected chi connectivity index (χ0v) is 11.4. The first-order valence-corrected chi connectivity index (χ1v) is 7.00. The highest BCUT2D eigenvalue weighted by Gasteiger charge is 2.23. The summed E-state index contributed by atoms with van der Waals surface area (Å²) in [6, 6.07) is 0. The number of amides is 1. The number of aryl methyl sites for hydroxylation is 1. The number of hydrogen-bond acceptors (Lipinski definition) is 6. The van der Waals surface area contributed by atoms with Crippen LogP contribution in [0.1, 0.15) is 36.0 Å². The predicted molar refractivity (Wildman–Crippen MR) is 69.8 cm³/mol. The number of carbonyl (C=O) groups is 1. The predicted octanol–water partition coefficient (Wildman–Crippen LogP) is 1.12. The molecule has 1 aliphatic carbocycles. The van der Waals surface area contributed by atoms with Gasteiger partial charge in [0.25, 0.3) is 0 Å². The first-order valence-electron chi connectivity index (χ1n) is 6.18. The van der Waals surface area contributed by atoms with Gasteiger partial charge in [-0.1, -0.05) is 17.8 Å². The van der Waals surface area contributed by atoms with Gasteiger partial charge in [0, 0.05) is 13.0 Å². The fourth-order valence-electron chi connectivity index (χ4n) is 1.88. The van der Waals surface area contributed by atoms with Gasteiger partial charge in [0.15, 0.2) is 5.82 Å². The number of hydrogen-bond donors (Lipinski definition) is 1. The van der Waals surface area contributed by atoms with Crippen LogP contribution in [0.25, 0.3) is 0 Å². The minimum atomic E-state index is -0.164. The summed E-state index contributed by atoms with van der Waals surface area (Å²) in [5.41, 5.74) is 0. The molecule has 0 saturated heterocycles. The Labute approximate surface area is 114 Å². The molecule has 2 aromatic heterocycles. The molecule has 1 amide bonds. The molecule has 2 aromatic rings. The van der Waals surface area contributed by atoms with Crippen LogP contribution >= 0.6 is 11.3 Å². The van der Waals surface area contributed by atoms with Crippen molar-refractivity contribution in [2.45, 2.75) is 31.6 Å². The van der Waals surface area contributed by atoms with Crippen molar-refractivity contribution in [1.82, 2.24) is 25.0 Å². The van der Waals surface area contributed by atoms with Crippen LogP contribution in [0.2, 0.25) is 0 Å². The van der Waals surface area contributed by atoms with Gasteiger partial charge in [-0.05, 0) is 12.8 Å². The molecule has 100 valence electrons. The van der Waals surface area contributed by atoms with E-state index in [9.17, 15) is 4.79 Å². The molecule has 0 atom stereocenters. The average molecular weight is 278 g/mol. The molecule has 0 bridgehead atoms. The first-order chi connectivity index (χ1) is 9.20. The minimum absolute atomic E-state index is 0.152. The number of anilines is 1. The molecule has 1 fully saturated rings. The van der Waals surface area contributed by atoms with Crippen LogP contribution in [0.3, 0.4) is 0 Å². The van der Waals surface area contributed by atoms with Crippen molar-refractivity contribution >= 4 is 22.4 Å². The maximum atomic E-state index is 11.8. The molecule has 8 heteroatoms. The Morgan fingerprint density at radius 2 is 2.37 bits per heavy atom. The van der Waals surface area contributed by atoms with E-state index in [0.717, 1.165) is 5.01 Å². The standard InChI is InChI=1S/C11H14N6OS/c1-17-6-12-8(16-17)5-9(18)13-11-15-14-10(19-11)7-3-2-4-7/h6-7H,2-5H2,1H3,(H,13,15,18). The molecule has 7 nitrogen and oxygen atoms in total. The summed E-state index contributed by atoms with van der Waals surface area (Å²) in [5.74, 6) is 0.881. The lowest BCUT2D eigenvalue weighted by atomic mass is 9.86. The summed E-state index contributed by atoms with van der Waals surface area (Å²) in [7, 11) is 1.77. The lowest BCUT2D eigenvalue weighted by Crippen LogP contribution is -2.15. The number of nitrogens with zero attached hydrogens (tertiary/aromatic N) is 5. The molecule has 19 heavy (non-hydrogen) atoms. The first kappa shape index (κ1) is 12.2. The molecule has 3 rings (SSSR count). The smallest absolute Gasteiger partial charge is 0.233 e. The quantitative estimate of drug-likeness (QED) is 0.905. The Bertz CT molecular complexity index is 588. The van der Waals surface area contributed by atoms with E-state index in [1.54, 1.807) is 18.1 Å². The Morgan fingerprint density at radius 3 is 3.00 bits per heavy atom. The van der Waals surface area contributed by atoms with Crippen LogP contribution in [0.4, 0.5) is 5.13 Å². The fourth-order valence-corrected chi connectivity index (χ4v) is 2.81. The lowest BCUT2D eigenvalue weighted by molar-refractivity contribution is -0.115. The molecule has 2 heterocycles. The van der Waals surface area contributed by atoms with Crippen molar-refractivity contribution in [1.29, 1.82) is 0 Å². The van der Waals surface area contributed by atoms with Gasteiger partial charge in [0.2, 0.25) is 11.0 Å². The minimum Gasteiger partial charge on any atom is -0.300 e. The van der Waals surface area contributed by atoms with Gasteiger partial charge < -0.3 is 5.32 Å². The molecule has 0 aliphatic heterocycles. The van der Waals surface area contributed by atoms with Crippen LogP contribution in [0.15, 0.2) is 6.33 Å². The number of nitrogens with one attached hydrogen (secondary N) is 1. The van der Waals surface area contributed by atoms with E-state index in [2.05, 4.69) is 25.6 Å². The number of rotatable bonds is 4. The van der Waals surface area contributed by atoms with E-state index in [1.165, 1.54) is 30.6 Å². The molecule has 1 N–H and O–H groups in total. The maximum absolute atomic E-state index is 11.8. The van der Waals surface area contributed by atoms with E-state index in [-0.39, 0.29) is 12.3 Å². The average Bonchev–Trinajstić information content (AvgIpc) is 2.86. The van der Waals surface area contributed by atoms with Crippen molar-refractivity contribution in [3.63, 3.8) is 0 Å². The zero-order chi connectivity index (χ0) is 13.2. The molecule has 1 saturated carbocycles. The second kappa shape index (κ2) is 5.04. The summed E-state index contributed by atoms with van der Waals surface area (Å²) in [4.78, 5) is 15.8.